The second-order valence-electron chi connectivity index (χ2n) is 6.44. The van der Waals surface area contributed by atoms with Gasteiger partial charge in [0.1, 0.15) is 0 Å². The second kappa shape index (κ2) is 5.25. The minimum atomic E-state index is 0.271. The Morgan fingerprint density at radius 1 is 1.35 bits per heavy atom. The molecule has 2 fully saturated rings. The average molecular weight is 239 g/mol. The molecule has 2 N–H and O–H groups in total. The van der Waals surface area contributed by atoms with E-state index >= 15 is 0 Å². The Kier molecular flexibility index (Phi) is 4.11. The van der Waals surface area contributed by atoms with Gasteiger partial charge in [-0.3, -0.25) is 4.90 Å². The fourth-order valence-corrected chi connectivity index (χ4v) is 3.25. The summed E-state index contributed by atoms with van der Waals surface area (Å²) in [5.74, 6) is 1.88. The van der Waals surface area contributed by atoms with Crippen LogP contribution in [0, 0.1) is 11.8 Å². The molecular formula is C14H29N3. The second-order valence-corrected chi connectivity index (χ2v) is 6.44. The van der Waals surface area contributed by atoms with Crippen molar-refractivity contribution < 1.29 is 0 Å². The van der Waals surface area contributed by atoms with Gasteiger partial charge in [-0.15, -0.1) is 0 Å². The molecule has 0 aromatic heterocycles. The third kappa shape index (κ3) is 3.01. The topological polar surface area (TPSA) is 32.5 Å². The van der Waals surface area contributed by atoms with E-state index in [0.29, 0.717) is 0 Å². The van der Waals surface area contributed by atoms with Crippen LogP contribution in [0.2, 0.25) is 0 Å². The molecule has 100 valence electrons. The van der Waals surface area contributed by atoms with Crippen LogP contribution in [-0.4, -0.2) is 55.6 Å². The number of hydrogen-bond acceptors (Lipinski definition) is 3. The smallest absolute Gasteiger partial charge is 0.0341 e. The fourth-order valence-electron chi connectivity index (χ4n) is 3.25. The number of likely N-dealkylation sites (tertiary alicyclic amines) is 1. The summed E-state index contributed by atoms with van der Waals surface area (Å²) < 4.78 is 0. The molecule has 0 radical (unpaired) electrons. The van der Waals surface area contributed by atoms with Gasteiger partial charge in [0.25, 0.3) is 0 Å². The largest absolute Gasteiger partial charge is 0.329 e. The maximum absolute atomic E-state index is 6.12. The Bertz CT molecular complexity index is 256. The van der Waals surface area contributed by atoms with Crippen LogP contribution in [0.25, 0.3) is 0 Å². The van der Waals surface area contributed by atoms with E-state index in [1.165, 1.54) is 45.3 Å². The van der Waals surface area contributed by atoms with Gasteiger partial charge in [-0.2, -0.15) is 0 Å². The Balaban J connectivity index is 1.96. The highest BCUT2D eigenvalue weighted by atomic mass is 15.2. The number of nitrogens with two attached hydrogens (primary N) is 1. The van der Waals surface area contributed by atoms with Crippen LogP contribution in [-0.2, 0) is 0 Å². The minimum absolute atomic E-state index is 0.271. The quantitative estimate of drug-likeness (QED) is 0.804. The van der Waals surface area contributed by atoms with Crippen molar-refractivity contribution in [1.29, 1.82) is 0 Å². The van der Waals surface area contributed by atoms with E-state index in [9.17, 15) is 0 Å². The zero-order valence-electron chi connectivity index (χ0n) is 11.8. The molecule has 1 heterocycles. The highest BCUT2D eigenvalue weighted by Crippen LogP contribution is 2.40. The molecule has 1 saturated carbocycles. The molecule has 3 atom stereocenters. The molecule has 3 unspecified atom stereocenters. The predicted molar refractivity (Wildman–Crippen MR) is 73.0 cm³/mol. The molecule has 3 heteroatoms. The Hall–Kier alpha value is -0.120. The molecule has 1 saturated heterocycles. The lowest BCUT2D eigenvalue weighted by Gasteiger charge is -2.41. The van der Waals surface area contributed by atoms with Crippen LogP contribution in [0.5, 0.6) is 0 Å². The van der Waals surface area contributed by atoms with Gasteiger partial charge in [-0.25, -0.2) is 0 Å². The molecule has 2 aliphatic rings. The molecular weight excluding hydrogens is 210 g/mol. The summed E-state index contributed by atoms with van der Waals surface area (Å²) in [5, 5.41) is 0. The van der Waals surface area contributed by atoms with Crippen LogP contribution >= 0.6 is 0 Å². The number of nitrogens with zero attached hydrogens (tertiary/aromatic N) is 2. The molecule has 0 aromatic carbocycles. The van der Waals surface area contributed by atoms with Gasteiger partial charge < -0.3 is 10.6 Å². The lowest BCUT2D eigenvalue weighted by molar-refractivity contribution is 0.101. The van der Waals surface area contributed by atoms with Gasteiger partial charge in [0.15, 0.2) is 0 Å². The van der Waals surface area contributed by atoms with Gasteiger partial charge in [0.05, 0.1) is 0 Å². The summed E-state index contributed by atoms with van der Waals surface area (Å²) in [4.78, 5) is 5.03. The summed E-state index contributed by atoms with van der Waals surface area (Å²) in [6, 6.07) is 0. The first-order chi connectivity index (χ1) is 8.07. The Morgan fingerprint density at radius 2 is 2.06 bits per heavy atom. The van der Waals surface area contributed by atoms with Crippen LogP contribution in [0.15, 0.2) is 0 Å². The minimum Gasteiger partial charge on any atom is -0.329 e. The Morgan fingerprint density at radius 3 is 2.65 bits per heavy atom. The molecule has 17 heavy (non-hydrogen) atoms. The predicted octanol–water partition coefficient (Wildman–Crippen LogP) is 1.39. The van der Waals surface area contributed by atoms with Crippen molar-refractivity contribution in [1.82, 2.24) is 9.80 Å². The first-order valence-corrected chi connectivity index (χ1v) is 7.17. The third-order valence-corrected chi connectivity index (χ3v) is 5.12. The molecule has 0 spiro atoms. The van der Waals surface area contributed by atoms with Crippen molar-refractivity contribution in [3.05, 3.63) is 0 Å². The zero-order chi connectivity index (χ0) is 12.5. The van der Waals surface area contributed by atoms with E-state index in [1.54, 1.807) is 0 Å². The van der Waals surface area contributed by atoms with Crippen molar-refractivity contribution in [3.8, 4) is 0 Å². The monoisotopic (exact) mass is 239 g/mol. The summed E-state index contributed by atoms with van der Waals surface area (Å²) in [5.41, 5.74) is 6.40. The summed E-state index contributed by atoms with van der Waals surface area (Å²) in [7, 11) is 4.53. The molecule has 0 amide bonds. The highest BCUT2D eigenvalue weighted by Gasteiger charge is 2.40. The normalized spacial score (nSPS) is 39.4. The van der Waals surface area contributed by atoms with Crippen molar-refractivity contribution in [3.63, 3.8) is 0 Å². The summed E-state index contributed by atoms with van der Waals surface area (Å²) in [6.07, 6.45) is 5.21. The molecule has 1 aliphatic carbocycles. The molecule has 3 nitrogen and oxygen atoms in total. The molecule has 1 aliphatic heterocycles. The highest BCUT2D eigenvalue weighted by molar-refractivity contribution is 4.96. The van der Waals surface area contributed by atoms with E-state index in [-0.39, 0.29) is 5.54 Å². The molecule has 0 aromatic rings. The average Bonchev–Trinajstić information content (AvgIpc) is 3.02. The maximum atomic E-state index is 6.12. The lowest BCUT2D eigenvalue weighted by Crippen LogP contribution is -2.53. The SMILES string of the molecule is CC1CC1CN(C)C1(CN)CCCN(C)CC1. The van der Waals surface area contributed by atoms with Gasteiger partial charge in [-0.05, 0) is 64.7 Å². The Labute approximate surface area is 106 Å². The first kappa shape index (κ1) is 13.3. The number of hydrogen-bond donors (Lipinski definition) is 1. The van der Waals surface area contributed by atoms with E-state index < -0.39 is 0 Å². The van der Waals surface area contributed by atoms with Crippen molar-refractivity contribution in [2.24, 2.45) is 17.6 Å². The van der Waals surface area contributed by atoms with Crippen LogP contribution in [0.1, 0.15) is 32.6 Å². The van der Waals surface area contributed by atoms with E-state index in [0.717, 1.165) is 18.4 Å². The van der Waals surface area contributed by atoms with Crippen LogP contribution < -0.4 is 5.73 Å². The zero-order valence-corrected chi connectivity index (χ0v) is 11.8. The van der Waals surface area contributed by atoms with Gasteiger partial charge in [0.2, 0.25) is 0 Å². The first-order valence-electron chi connectivity index (χ1n) is 7.17. The van der Waals surface area contributed by atoms with E-state index in [1.807, 2.05) is 0 Å². The van der Waals surface area contributed by atoms with Gasteiger partial charge in [-0.1, -0.05) is 6.92 Å². The lowest BCUT2D eigenvalue weighted by atomic mass is 9.88. The number of likely N-dealkylation sites (N-methyl/N-ethyl adjacent to an activating group) is 1. The van der Waals surface area contributed by atoms with Crippen molar-refractivity contribution in [2.45, 2.75) is 38.1 Å². The standard InChI is InChI=1S/C14H29N3/c1-12-9-13(12)10-17(3)14(11-15)5-4-7-16(2)8-6-14/h12-13H,4-11,15H2,1-3H3. The number of rotatable bonds is 4. The van der Waals surface area contributed by atoms with Crippen LogP contribution in [0.4, 0.5) is 0 Å². The fraction of sp³-hybridized carbons (Fsp3) is 1.00. The summed E-state index contributed by atoms with van der Waals surface area (Å²) in [6.45, 7) is 6.87. The van der Waals surface area contributed by atoms with Gasteiger partial charge in [0, 0.05) is 18.6 Å². The third-order valence-electron chi connectivity index (χ3n) is 5.12. The van der Waals surface area contributed by atoms with Crippen LogP contribution in [0.3, 0.4) is 0 Å². The summed E-state index contributed by atoms with van der Waals surface area (Å²) >= 11 is 0. The van der Waals surface area contributed by atoms with E-state index in [4.69, 9.17) is 5.73 Å². The van der Waals surface area contributed by atoms with Crippen molar-refractivity contribution in [2.75, 3.05) is 40.3 Å². The van der Waals surface area contributed by atoms with Gasteiger partial charge >= 0.3 is 0 Å². The molecule has 0 bridgehead atoms. The maximum Gasteiger partial charge on any atom is 0.0341 e. The molecule has 2 rings (SSSR count). The van der Waals surface area contributed by atoms with Crippen molar-refractivity contribution >= 4 is 0 Å². The van der Waals surface area contributed by atoms with E-state index in [2.05, 4.69) is 30.8 Å².